The molecule has 2 aromatic heterocycles. The summed E-state index contributed by atoms with van der Waals surface area (Å²) in [5.74, 6) is 1.15. The topological polar surface area (TPSA) is 98.7 Å². The van der Waals surface area contributed by atoms with Crippen LogP contribution in [0.4, 0.5) is 5.82 Å². The standard InChI is InChI=1S/C23H25N3O4/c1-14(2)29-18-5-4-17-10-19(23(28)30-20(17)11-18)22(27)26-8-7-16(13-26)9-15-3-6-21(24)25-12-15/h3-6,10-12,14,16H,7-9,13H2,1-2H3,(H2,24,25). The molecule has 7 nitrogen and oxygen atoms in total. The van der Waals surface area contributed by atoms with Gasteiger partial charge in [0.1, 0.15) is 22.7 Å². The van der Waals surface area contributed by atoms with Gasteiger partial charge in [0.05, 0.1) is 6.10 Å². The maximum absolute atomic E-state index is 13.0. The lowest BCUT2D eigenvalue weighted by atomic mass is 10.00. The van der Waals surface area contributed by atoms with E-state index in [9.17, 15) is 9.59 Å². The molecule has 1 aromatic carbocycles. The Morgan fingerprint density at radius 2 is 2.13 bits per heavy atom. The van der Waals surface area contributed by atoms with Gasteiger partial charge in [-0.2, -0.15) is 0 Å². The largest absolute Gasteiger partial charge is 0.491 e. The van der Waals surface area contributed by atoms with E-state index in [1.807, 2.05) is 26.0 Å². The summed E-state index contributed by atoms with van der Waals surface area (Å²) in [7, 11) is 0. The predicted molar refractivity (Wildman–Crippen MR) is 115 cm³/mol. The molecule has 3 heterocycles. The summed E-state index contributed by atoms with van der Waals surface area (Å²) >= 11 is 0. The lowest BCUT2D eigenvalue weighted by molar-refractivity contribution is 0.0783. The first-order valence-electron chi connectivity index (χ1n) is 10.1. The Balaban J connectivity index is 1.49. The molecule has 7 heteroatoms. The van der Waals surface area contributed by atoms with Gasteiger partial charge in [-0.3, -0.25) is 4.79 Å². The number of hydrogen-bond acceptors (Lipinski definition) is 6. The average Bonchev–Trinajstić information content (AvgIpc) is 3.17. The van der Waals surface area contributed by atoms with E-state index >= 15 is 0 Å². The fraction of sp³-hybridized carbons (Fsp3) is 0.348. The number of carbonyl (C=O) groups excluding carboxylic acids is 1. The second-order valence-corrected chi connectivity index (χ2v) is 8.02. The average molecular weight is 407 g/mol. The zero-order chi connectivity index (χ0) is 21.3. The third kappa shape index (κ3) is 4.30. The molecular weight excluding hydrogens is 382 g/mol. The van der Waals surface area contributed by atoms with Crippen molar-refractivity contribution in [2.24, 2.45) is 5.92 Å². The van der Waals surface area contributed by atoms with E-state index in [4.69, 9.17) is 14.9 Å². The van der Waals surface area contributed by atoms with E-state index in [0.29, 0.717) is 41.5 Å². The Labute approximate surface area is 174 Å². The van der Waals surface area contributed by atoms with Crippen LogP contribution in [0.3, 0.4) is 0 Å². The lowest BCUT2D eigenvalue weighted by Gasteiger charge is -2.16. The highest BCUT2D eigenvalue weighted by molar-refractivity contribution is 5.97. The normalized spacial score (nSPS) is 16.4. The van der Waals surface area contributed by atoms with Gasteiger partial charge in [-0.15, -0.1) is 0 Å². The first-order valence-corrected chi connectivity index (χ1v) is 10.1. The highest BCUT2D eigenvalue weighted by atomic mass is 16.5. The lowest BCUT2D eigenvalue weighted by Crippen LogP contribution is -2.32. The molecule has 0 radical (unpaired) electrons. The molecule has 1 fully saturated rings. The van der Waals surface area contributed by atoms with Gasteiger partial charge in [0.25, 0.3) is 5.91 Å². The minimum Gasteiger partial charge on any atom is -0.491 e. The predicted octanol–water partition coefficient (Wildman–Crippen LogP) is 3.26. The monoisotopic (exact) mass is 407 g/mol. The van der Waals surface area contributed by atoms with E-state index < -0.39 is 5.63 Å². The van der Waals surface area contributed by atoms with Crippen molar-refractivity contribution in [1.29, 1.82) is 0 Å². The van der Waals surface area contributed by atoms with Crippen molar-refractivity contribution in [2.45, 2.75) is 32.8 Å². The number of amides is 1. The summed E-state index contributed by atoms with van der Waals surface area (Å²) in [5.41, 5.74) is 6.57. The van der Waals surface area contributed by atoms with Gasteiger partial charge in [-0.25, -0.2) is 9.78 Å². The maximum atomic E-state index is 13.0. The third-order valence-electron chi connectivity index (χ3n) is 5.25. The second kappa shape index (κ2) is 8.18. The summed E-state index contributed by atoms with van der Waals surface area (Å²) in [4.78, 5) is 31.3. The zero-order valence-corrected chi connectivity index (χ0v) is 17.1. The molecule has 1 saturated heterocycles. The summed E-state index contributed by atoms with van der Waals surface area (Å²) in [6, 6.07) is 10.6. The zero-order valence-electron chi connectivity index (χ0n) is 17.1. The Hall–Kier alpha value is -3.35. The van der Waals surface area contributed by atoms with Crippen LogP contribution in [0, 0.1) is 5.92 Å². The molecule has 3 aromatic rings. The third-order valence-corrected chi connectivity index (χ3v) is 5.25. The molecular formula is C23H25N3O4. The quantitative estimate of drug-likeness (QED) is 0.652. The van der Waals surface area contributed by atoms with Gasteiger partial charge in [-0.1, -0.05) is 6.07 Å². The van der Waals surface area contributed by atoms with Crippen LogP contribution in [0.25, 0.3) is 11.0 Å². The number of carbonyl (C=O) groups is 1. The number of nitrogens with two attached hydrogens (primary N) is 1. The summed E-state index contributed by atoms with van der Waals surface area (Å²) in [6.45, 7) is 5.07. The van der Waals surface area contributed by atoms with Crippen LogP contribution in [-0.4, -0.2) is 35.0 Å². The molecule has 0 saturated carbocycles. The number of benzene rings is 1. The van der Waals surface area contributed by atoms with E-state index in [2.05, 4.69) is 4.98 Å². The number of hydrogen-bond donors (Lipinski definition) is 1. The number of fused-ring (bicyclic) bond motifs is 1. The molecule has 4 rings (SSSR count). The van der Waals surface area contributed by atoms with Crippen molar-refractivity contribution >= 4 is 22.7 Å². The Kier molecular flexibility index (Phi) is 5.44. The molecule has 1 atom stereocenters. The summed E-state index contributed by atoms with van der Waals surface area (Å²) in [6.07, 6.45) is 3.49. The van der Waals surface area contributed by atoms with Crippen molar-refractivity contribution in [3.8, 4) is 5.75 Å². The number of anilines is 1. The molecule has 0 aliphatic carbocycles. The Morgan fingerprint density at radius 3 is 2.87 bits per heavy atom. The summed E-state index contributed by atoms with van der Waals surface area (Å²) < 4.78 is 11.1. The van der Waals surface area contributed by atoms with Crippen LogP contribution in [-0.2, 0) is 6.42 Å². The first-order chi connectivity index (χ1) is 14.4. The number of rotatable bonds is 5. The molecule has 1 aliphatic rings. The number of nitrogen functional groups attached to an aromatic ring is 1. The van der Waals surface area contributed by atoms with Gasteiger partial charge in [0.15, 0.2) is 0 Å². The second-order valence-electron chi connectivity index (χ2n) is 8.02. The molecule has 30 heavy (non-hydrogen) atoms. The number of likely N-dealkylation sites (tertiary alicyclic amines) is 1. The number of pyridine rings is 1. The SMILES string of the molecule is CC(C)Oc1ccc2cc(C(=O)N3CCC(Cc4ccc(N)nc4)C3)c(=O)oc2c1. The summed E-state index contributed by atoms with van der Waals surface area (Å²) in [5, 5.41) is 0.692. The van der Waals surface area contributed by atoms with E-state index in [0.717, 1.165) is 18.4 Å². The molecule has 2 N–H and O–H groups in total. The van der Waals surface area contributed by atoms with Gasteiger partial charge >= 0.3 is 5.63 Å². The minimum atomic E-state index is -0.625. The van der Waals surface area contributed by atoms with Crippen LogP contribution in [0.15, 0.2) is 51.8 Å². The van der Waals surface area contributed by atoms with Crippen molar-refractivity contribution in [3.05, 3.63) is 64.1 Å². The highest BCUT2D eigenvalue weighted by Crippen LogP contribution is 2.24. The van der Waals surface area contributed by atoms with Crippen LogP contribution < -0.4 is 16.1 Å². The molecule has 1 unspecified atom stereocenters. The van der Waals surface area contributed by atoms with Crippen molar-refractivity contribution in [1.82, 2.24) is 9.88 Å². The van der Waals surface area contributed by atoms with Gasteiger partial charge in [0.2, 0.25) is 0 Å². The van der Waals surface area contributed by atoms with E-state index in [1.165, 1.54) is 0 Å². The first kappa shape index (κ1) is 19.9. The number of nitrogens with zero attached hydrogens (tertiary/aromatic N) is 2. The molecule has 1 aliphatic heterocycles. The van der Waals surface area contributed by atoms with Crippen molar-refractivity contribution in [3.63, 3.8) is 0 Å². The molecule has 156 valence electrons. The maximum Gasteiger partial charge on any atom is 0.349 e. The van der Waals surface area contributed by atoms with Crippen molar-refractivity contribution < 1.29 is 13.9 Å². The van der Waals surface area contributed by atoms with E-state index in [-0.39, 0.29) is 17.6 Å². The van der Waals surface area contributed by atoms with E-state index in [1.54, 1.807) is 35.4 Å². The smallest absolute Gasteiger partial charge is 0.349 e. The van der Waals surface area contributed by atoms with Gasteiger partial charge < -0.3 is 19.8 Å². The fourth-order valence-corrected chi connectivity index (χ4v) is 3.83. The van der Waals surface area contributed by atoms with Crippen LogP contribution in [0.5, 0.6) is 5.75 Å². The Bertz CT molecular complexity index is 1120. The van der Waals surface area contributed by atoms with Gasteiger partial charge in [-0.05, 0) is 62.4 Å². The van der Waals surface area contributed by atoms with Crippen LogP contribution in [0.1, 0.15) is 36.2 Å². The minimum absolute atomic E-state index is 0.0159. The number of aromatic nitrogens is 1. The molecule has 1 amide bonds. The Morgan fingerprint density at radius 1 is 1.30 bits per heavy atom. The highest BCUT2D eigenvalue weighted by Gasteiger charge is 2.29. The van der Waals surface area contributed by atoms with Crippen LogP contribution in [0.2, 0.25) is 0 Å². The molecule has 0 spiro atoms. The fourth-order valence-electron chi connectivity index (χ4n) is 3.83. The van der Waals surface area contributed by atoms with Crippen LogP contribution >= 0.6 is 0 Å². The molecule has 0 bridgehead atoms. The van der Waals surface area contributed by atoms with Gasteiger partial charge in [0, 0.05) is 30.7 Å². The number of ether oxygens (including phenoxy) is 1. The van der Waals surface area contributed by atoms with Crippen molar-refractivity contribution in [2.75, 3.05) is 18.8 Å².